The number of nitrogens with one attached hydrogen (secondary N) is 2. The standard InChI is InChI=1S/C19H18F3N7/c1-29-10-14(13-5-4-11(7-23)26-17(13)29)16-15(19(20,21)22)9-25-18(28-16)27-12-3-2-6-24-8-12/h4-5,9-10,12,24H,2-3,6,8H2,1H3,(H,25,27,28)/t12-/m0/s1. The van der Waals surface area contributed by atoms with Crippen LogP contribution in [-0.4, -0.2) is 38.7 Å². The molecule has 1 saturated heterocycles. The van der Waals surface area contributed by atoms with E-state index in [2.05, 4.69) is 25.6 Å². The summed E-state index contributed by atoms with van der Waals surface area (Å²) in [5.41, 5.74) is -0.232. The van der Waals surface area contributed by atoms with Crippen LogP contribution in [0.1, 0.15) is 24.1 Å². The zero-order valence-corrected chi connectivity index (χ0v) is 15.6. The molecule has 2 N–H and O–H groups in total. The summed E-state index contributed by atoms with van der Waals surface area (Å²) in [4.78, 5) is 12.3. The number of piperidine rings is 1. The van der Waals surface area contributed by atoms with E-state index in [1.807, 2.05) is 6.07 Å². The molecule has 10 heteroatoms. The number of anilines is 1. The molecule has 3 aromatic heterocycles. The highest BCUT2D eigenvalue weighted by atomic mass is 19.4. The molecule has 0 bridgehead atoms. The van der Waals surface area contributed by atoms with E-state index in [-0.39, 0.29) is 23.4 Å². The van der Waals surface area contributed by atoms with Crippen LogP contribution in [0, 0.1) is 11.3 Å². The Balaban J connectivity index is 1.83. The van der Waals surface area contributed by atoms with Gasteiger partial charge in [0.2, 0.25) is 5.95 Å². The molecule has 0 radical (unpaired) electrons. The number of aromatic nitrogens is 4. The quantitative estimate of drug-likeness (QED) is 0.701. The van der Waals surface area contributed by atoms with Gasteiger partial charge in [0.25, 0.3) is 0 Å². The highest BCUT2D eigenvalue weighted by Gasteiger charge is 2.36. The first-order valence-corrected chi connectivity index (χ1v) is 9.15. The van der Waals surface area contributed by atoms with Gasteiger partial charge in [0.05, 0.1) is 5.69 Å². The van der Waals surface area contributed by atoms with Crippen LogP contribution in [0.15, 0.2) is 24.5 Å². The van der Waals surface area contributed by atoms with Crippen molar-refractivity contribution in [3.63, 3.8) is 0 Å². The first-order chi connectivity index (χ1) is 13.9. The van der Waals surface area contributed by atoms with Crippen molar-refractivity contribution in [2.45, 2.75) is 25.1 Å². The molecule has 0 unspecified atom stereocenters. The highest BCUT2D eigenvalue weighted by molar-refractivity contribution is 5.94. The van der Waals surface area contributed by atoms with Gasteiger partial charge in [-0.15, -0.1) is 0 Å². The fourth-order valence-electron chi connectivity index (χ4n) is 3.52. The number of fused-ring (bicyclic) bond motifs is 1. The second-order valence-corrected chi connectivity index (χ2v) is 6.97. The maximum absolute atomic E-state index is 13.7. The van der Waals surface area contributed by atoms with Crippen LogP contribution >= 0.6 is 0 Å². The van der Waals surface area contributed by atoms with E-state index in [0.29, 0.717) is 23.1 Å². The second-order valence-electron chi connectivity index (χ2n) is 6.97. The van der Waals surface area contributed by atoms with Crippen molar-refractivity contribution >= 4 is 17.0 Å². The van der Waals surface area contributed by atoms with E-state index in [1.165, 1.54) is 6.07 Å². The van der Waals surface area contributed by atoms with Crippen LogP contribution in [-0.2, 0) is 13.2 Å². The van der Waals surface area contributed by atoms with Crippen molar-refractivity contribution in [3.05, 3.63) is 35.8 Å². The van der Waals surface area contributed by atoms with Crippen molar-refractivity contribution in [1.29, 1.82) is 5.26 Å². The molecule has 1 aliphatic rings. The van der Waals surface area contributed by atoms with Crippen LogP contribution in [0.25, 0.3) is 22.3 Å². The summed E-state index contributed by atoms with van der Waals surface area (Å²) in [7, 11) is 1.67. The molecule has 4 heterocycles. The molecular formula is C19H18F3N7. The predicted molar refractivity (Wildman–Crippen MR) is 101 cm³/mol. The number of hydrogen-bond acceptors (Lipinski definition) is 6. The van der Waals surface area contributed by atoms with E-state index >= 15 is 0 Å². The normalized spacial score (nSPS) is 17.3. The van der Waals surface area contributed by atoms with E-state index in [1.54, 1.807) is 23.9 Å². The van der Waals surface area contributed by atoms with Crippen LogP contribution in [0.5, 0.6) is 0 Å². The number of nitriles is 1. The van der Waals surface area contributed by atoms with Gasteiger partial charge in [0.15, 0.2) is 0 Å². The minimum Gasteiger partial charge on any atom is -0.350 e. The third-order valence-electron chi connectivity index (χ3n) is 4.92. The average Bonchev–Trinajstić information content (AvgIpc) is 3.04. The molecule has 4 rings (SSSR count). The van der Waals surface area contributed by atoms with E-state index < -0.39 is 11.7 Å². The maximum atomic E-state index is 13.7. The fourth-order valence-corrected chi connectivity index (χ4v) is 3.52. The largest absolute Gasteiger partial charge is 0.419 e. The molecule has 0 spiro atoms. The molecular weight excluding hydrogens is 383 g/mol. The first kappa shape index (κ1) is 19.1. The van der Waals surface area contributed by atoms with E-state index in [9.17, 15) is 13.2 Å². The Morgan fingerprint density at radius 3 is 2.83 bits per heavy atom. The summed E-state index contributed by atoms with van der Waals surface area (Å²) < 4.78 is 42.6. The molecule has 29 heavy (non-hydrogen) atoms. The van der Waals surface area contributed by atoms with E-state index in [4.69, 9.17) is 5.26 Å². The van der Waals surface area contributed by atoms with Crippen molar-refractivity contribution in [2.24, 2.45) is 7.05 Å². The lowest BCUT2D eigenvalue weighted by molar-refractivity contribution is -0.137. The van der Waals surface area contributed by atoms with Gasteiger partial charge in [0.1, 0.15) is 23.0 Å². The Kier molecular flexibility index (Phi) is 4.84. The topological polar surface area (TPSA) is 91.5 Å². The Hall–Kier alpha value is -3.19. The molecule has 1 aliphatic heterocycles. The van der Waals surface area contributed by atoms with Crippen LogP contribution in [0.2, 0.25) is 0 Å². The molecule has 0 aromatic carbocycles. The lowest BCUT2D eigenvalue weighted by atomic mass is 10.1. The number of pyridine rings is 1. The monoisotopic (exact) mass is 401 g/mol. The van der Waals surface area contributed by atoms with Gasteiger partial charge in [-0.2, -0.15) is 18.4 Å². The summed E-state index contributed by atoms with van der Waals surface area (Å²) >= 11 is 0. The Morgan fingerprint density at radius 1 is 1.31 bits per heavy atom. The lowest BCUT2D eigenvalue weighted by Gasteiger charge is -2.24. The summed E-state index contributed by atoms with van der Waals surface area (Å²) in [5.74, 6) is 0.153. The molecule has 0 aliphatic carbocycles. The van der Waals surface area contributed by atoms with Gasteiger partial charge >= 0.3 is 6.18 Å². The number of halogens is 3. The van der Waals surface area contributed by atoms with Crippen molar-refractivity contribution < 1.29 is 13.2 Å². The van der Waals surface area contributed by atoms with Gasteiger partial charge in [-0.25, -0.2) is 15.0 Å². The second kappa shape index (κ2) is 7.33. The predicted octanol–water partition coefficient (Wildman–Crippen LogP) is 3.08. The Labute approximate surface area is 164 Å². The number of alkyl halides is 3. The van der Waals surface area contributed by atoms with Crippen molar-refractivity contribution in [1.82, 2.24) is 24.8 Å². The van der Waals surface area contributed by atoms with Gasteiger partial charge in [-0.3, -0.25) is 0 Å². The number of hydrogen-bond donors (Lipinski definition) is 2. The summed E-state index contributed by atoms with van der Waals surface area (Å²) in [6, 6.07) is 5.07. The number of rotatable bonds is 3. The maximum Gasteiger partial charge on any atom is 0.419 e. The van der Waals surface area contributed by atoms with Crippen molar-refractivity contribution in [3.8, 4) is 17.3 Å². The van der Waals surface area contributed by atoms with E-state index in [0.717, 1.165) is 25.6 Å². The minimum atomic E-state index is -4.61. The fraction of sp³-hybridized carbons (Fsp3) is 0.368. The molecule has 0 amide bonds. The summed E-state index contributed by atoms with van der Waals surface area (Å²) in [6.45, 7) is 1.62. The highest BCUT2D eigenvalue weighted by Crippen LogP contribution is 2.39. The minimum absolute atomic E-state index is 0.0562. The third-order valence-corrected chi connectivity index (χ3v) is 4.92. The Bertz CT molecular complexity index is 1090. The summed E-state index contributed by atoms with van der Waals surface area (Å²) in [5, 5.41) is 15.9. The van der Waals surface area contributed by atoms with Gasteiger partial charge < -0.3 is 15.2 Å². The number of aryl methyl sites for hydroxylation is 1. The lowest BCUT2D eigenvalue weighted by Crippen LogP contribution is -2.38. The molecule has 3 aromatic rings. The van der Waals surface area contributed by atoms with Gasteiger partial charge in [-0.1, -0.05) is 0 Å². The van der Waals surface area contributed by atoms with Gasteiger partial charge in [0, 0.05) is 43.0 Å². The van der Waals surface area contributed by atoms with Crippen molar-refractivity contribution in [2.75, 3.05) is 18.4 Å². The first-order valence-electron chi connectivity index (χ1n) is 9.15. The molecule has 7 nitrogen and oxygen atoms in total. The van der Waals surface area contributed by atoms with Crippen LogP contribution in [0.3, 0.4) is 0 Å². The Morgan fingerprint density at radius 2 is 2.14 bits per heavy atom. The molecule has 1 fully saturated rings. The third kappa shape index (κ3) is 3.73. The van der Waals surface area contributed by atoms with Gasteiger partial charge in [-0.05, 0) is 31.5 Å². The van der Waals surface area contributed by atoms with Crippen LogP contribution < -0.4 is 10.6 Å². The zero-order chi connectivity index (χ0) is 20.6. The zero-order valence-electron chi connectivity index (χ0n) is 15.6. The SMILES string of the molecule is Cn1cc(-c2nc(N[C@H]3CCCNC3)ncc2C(F)(F)F)c2ccc(C#N)nc21. The molecule has 150 valence electrons. The smallest absolute Gasteiger partial charge is 0.350 e. The molecule has 0 saturated carbocycles. The number of nitrogens with zero attached hydrogens (tertiary/aromatic N) is 5. The molecule has 1 atom stereocenters. The van der Waals surface area contributed by atoms with Crippen LogP contribution in [0.4, 0.5) is 19.1 Å². The summed E-state index contributed by atoms with van der Waals surface area (Å²) in [6.07, 6.45) is -0.384. The average molecular weight is 401 g/mol.